The van der Waals surface area contributed by atoms with Crippen LogP contribution in [0.25, 0.3) is 0 Å². The van der Waals surface area contributed by atoms with Gasteiger partial charge < -0.3 is 24.6 Å². The fourth-order valence-corrected chi connectivity index (χ4v) is 6.77. The van der Waals surface area contributed by atoms with Crippen molar-refractivity contribution in [1.29, 1.82) is 0 Å². The van der Waals surface area contributed by atoms with E-state index in [1.807, 2.05) is 76.7 Å². The zero-order chi connectivity index (χ0) is 22.7. The van der Waals surface area contributed by atoms with E-state index < -0.39 is 7.14 Å². The van der Waals surface area contributed by atoms with Crippen molar-refractivity contribution in [2.24, 2.45) is 0 Å². The molecule has 0 saturated carbocycles. The van der Waals surface area contributed by atoms with E-state index in [9.17, 15) is 4.57 Å². The lowest BCUT2D eigenvalue weighted by atomic mass is 10.2. The first-order valence-corrected chi connectivity index (χ1v) is 12.8. The number of piperazine rings is 1. The first kappa shape index (κ1) is 22.4. The molecule has 32 heavy (non-hydrogen) atoms. The molecule has 0 bridgehead atoms. The van der Waals surface area contributed by atoms with Gasteiger partial charge in [-0.25, -0.2) is 0 Å². The highest BCUT2D eigenvalue weighted by molar-refractivity contribution is 7.85. The minimum atomic E-state index is -3.00. The van der Waals surface area contributed by atoms with Gasteiger partial charge in [-0.1, -0.05) is 0 Å². The molecule has 6 heteroatoms. The molecule has 0 amide bonds. The summed E-state index contributed by atoms with van der Waals surface area (Å²) < 4.78 is 14.8. The molecular weight excluding hydrogens is 415 g/mol. The molecule has 0 radical (unpaired) electrons. The predicted molar refractivity (Wildman–Crippen MR) is 140 cm³/mol. The third-order valence-electron chi connectivity index (χ3n) is 6.15. The smallest absolute Gasteiger partial charge is 0.171 e. The van der Waals surface area contributed by atoms with Crippen LogP contribution in [0.3, 0.4) is 0 Å². The van der Waals surface area contributed by atoms with Crippen molar-refractivity contribution in [3.63, 3.8) is 0 Å². The topological polar surface area (TPSA) is 38.8 Å². The second-order valence-electron chi connectivity index (χ2n) is 8.68. The summed E-state index contributed by atoms with van der Waals surface area (Å²) in [6.07, 6.45) is 0. The van der Waals surface area contributed by atoms with E-state index in [2.05, 4.69) is 44.3 Å². The average molecular weight is 449 g/mol. The van der Waals surface area contributed by atoms with E-state index in [1.165, 1.54) is 5.69 Å². The summed E-state index contributed by atoms with van der Waals surface area (Å²) in [4.78, 5) is 6.49. The summed E-state index contributed by atoms with van der Waals surface area (Å²) in [5, 5.41) is 5.98. The maximum atomic E-state index is 14.8. The Hall–Kier alpha value is -2.75. The molecule has 4 rings (SSSR count). The maximum absolute atomic E-state index is 14.8. The van der Waals surface area contributed by atoms with Crippen molar-refractivity contribution in [3.8, 4) is 0 Å². The summed E-state index contributed by atoms with van der Waals surface area (Å²) in [7, 11) is 5.06. The van der Waals surface area contributed by atoms with Gasteiger partial charge in [0.1, 0.15) is 0 Å². The van der Waals surface area contributed by atoms with Crippen LogP contribution in [0.1, 0.15) is 0 Å². The van der Waals surface area contributed by atoms with Gasteiger partial charge in [0, 0.05) is 87.3 Å². The minimum absolute atomic E-state index is 0.857. The molecule has 1 aliphatic heterocycles. The Bertz CT molecular complexity index is 1010. The third kappa shape index (κ3) is 4.41. The molecule has 0 spiro atoms. The molecule has 1 aliphatic rings. The van der Waals surface area contributed by atoms with Crippen LogP contribution in [0, 0.1) is 0 Å². The number of nitrogens with one attached hydrogen (secondary N) is 1. The zero-order valence-electron chi connectivity index (χ0n) is 19.5. The molecule has 1 saturated heterocycles. The highest BCUT2D eigenvalue weighted by atomic mass is 31.2. The number of rotatable bonds is 6. The van der Waals surface area contributed by atoms with Crippen molar-refractivity contribution in [3.05, 3.63) is 72.8 Å². The normalized spacial score (nSPS) is 14.3. The van der Waals surface area contributed by atoms with Crippen LogP contribution in [-0.2, 0) is 4.57 Å². The molecule has 3 aromatic rings. The molecule has 1 fully saturated rings. The monoisotopic (exact) mass is 448 g/mol. The molecule has 3 aromatic carbocycles. The average Bonchev–Trinajstić information content (AvgIpc) is 2.84. The predicted octanol–water partition coefficient (Wildman–Crippen LogP) is 2.87. The molecule has 0 atom stereocenters. The zero-order valence-corrected chi connectivity index (χ0v) is 20.3. The van der Waals surface area contributed by atoms with Gasteiger partial charge in [0.15, 0.2) is 7.14 Å². The van der Waals surface area contributed by atoms with E-state index in [1.54, 1.807) is 0 Å². The summed E-state index contributed by atoms with van der Waals surface area (Å²) >= 11 is 0. The Balaban J connectivity index is 1.77. The number of nitrogens with zero attached hydrogens (tertiary/aromatic N) is 3. The van der Waals surface area contributed by atoms with Gasteiger partial charge in [-0.3, -0.25) is 0 Å². The van der Waals surface area contributed by atoms with Crippen molar-refractivity contribution in [2.45, 2.75) is 0 Å². The first-order valence-electron chi connectivity index (χ1n) is 11.1. The van der Waals surface area contributed by atoms with Crippen LogP contribution in [-0.4, -0.2) is 54.4 Å². The van der Waals surface area contributed by atoms with Gasteiger partial charge in [-0.15, -0.1) is 0 Å². The fraction of sp³-hybridized carbons (Fsp3) is 0.308. The minimum Gasteiger partial charge on any atom is -0.378 e. The van der Waals surface area contributed by atoms with Gasteiger partial charge in [0.2, 0.25) is 0 Å². The summed E-state index contributed by atoms with van der Waals surface area (Å²) in [5.41, 5.74) is 3.38. The number of benzene rings is 3. The second-order valence-corrected chi connectivity index (χ2v) is 11.5. The molecule has 168 valence electrons. The van der Waals surface area contributed by atoms with Gasteiger partial charge in [0.05, 0.1) is 0 Å². The van der Waals surface area contributed by atoms with Crippen LogP contribution in [0.2, 0.25) is 0 Å². The van der Waals surface area contributed by atoms with Crippen LogP contribution in [0.15, 0.2) is 72.8 Å². The Kier molecular flexibility index (Phi) is 6.59. The van der Waals surface area contributed by atoms with Gasteiger partial charge in [0.25, 0.3) is 0 Å². The molecule has 1 heterocycles. The van der Waals surface area contributed by atoms with E-state index in [4.69, 9.17) is 0 Å². The highest BCUT2D eigenvalue weighted by Gasteiger charge is 2.30. The standard InChI is InChI=1S/C26H33N4OP/c1-28(2)21-5-11-24(12-6-21)32(31,25-13-7-22(8-14-25)29(3)4)26-15-9-23(10-16-26)30-19-17-27-18-20-30/h5-16,27H,17-20H2,1-4H3. The van der Waals surface area contributed by atoms with E-state index in [0.29, 0.717) is 0 Å². The molecule has 1 N–H and O–H groups in total. The summed E-state index contributed by atoms with van der Waals surface area (Å²) in [6.45, 7) is 3.98. The van der Waals surface area contributed by atoms with Crippen LogP contribution in [0.5, 0.6) is 0 Å². The largest absolute Gasteiger partial charge is 0.378 e. The SMILES string of the molecule is CN(C)c1ccc(P(=O)(c2ccc(N(C)C)cc2)c2ccc(N3CCNCC3)cc2)cc1. The quantitative estimate of drug-likeness (QED) is 0.587. The lowest BCUT2D eigenvalue weighted by Gasteiger charge is -2.30. The Labute approximate surface area is 192 Å². The number of hydrogen-bond acceptors (Lipinski definition) is 5. The Morgan fingerprint density at radius 2 is 1.03 bits per heavy atom. The van der Waals surface area contributed by atoms with Gasteiger partial charge in [-0.2, -0.15) is 0 Å². The Morgan fingerprint density at radius 1 is 0.656 bits per heavy atom. The summed E-state index contributed by atoms with van der Waals surface area (Å²) in [6, 6.07) is 24.6. The second kappa shape index (κ2) is 9.40. The number of hydrogen-bond donors (Lipinski definition) is 1. The number of anilines is 3. The van der Waals surface area contributed by atoms with Gasteiger partial charge >= 0.3 is 0 Å². The van der Waals surface area contributed by atoms with Gasteiger partial charge in [-0.05, 0) is 72.8 Å². The highest BCUT2D eigenvalue weighted by Crippen LogP contribution is 2.43. The molecule has 0 aromatic heterocycles. The lowest BCUT2D eigenvalue weighted by Crippen LogP contribution is -2.43. The van der Waals surface area contributed by atoms with E-state index in [-0.39, 0.29) is 0 Å². The lowest BCUT2D eigenvalue weighted by molar-refractivity contribution is 0.589. The van der Waals surface area contributed by atoms with E-state index >= 15 is 0 Å². The maximum Gasteiger partial charge on any atom is 0.171 e. The first-order chi connectivity index (χ1) is 15.4. The van der Waals surface area contributed by atoms with E-state index in [0.717, 1.165) is 53.5 Å². The summed E-state index contributed by atoms with van der Waals surface area (Å²) in [5.74, 6) is 0. The van der Waals surface area contributed by atoms with Crippen molar-refractivity contribution < 1.29 is 4.57 Å². The molecule has 5 nitrogen and oxygen atoms in total. The van der Waals surface area contributed by atoms with Crippen LogP contribution >= 0.6 is 7.14 Å². The molecule has 0 unspecified atom stereocenters. The van der Waals surface area contributed by atoms with Crippen molar-refractivity contribution in [2.75, 3.05) is 69.1 Å². The fourth-order valence-electron chi connectivity index (χ4n) is 4.17. The van der Waals surface area contributed by atoms with Crippen LogP contribution < -0.4 is 35.9 Å². The Morgan fingerprint density at radius 3 is 1.41 bits per heavy atom. The van der Waals surface area contributed by atoms with Crippen molar-refractivity contribution >= 4 is 40.1 Å². The van der Waals surface area contributed by atoms with Crippen molar-refractivity contribution in [1.82, 2.24) is 5.32 Å². The third-order valence-corrected chi connectivity index (χ3v) is 9.23. The molecular formula is C26H33N4OP. The van der Waals surface area contributed by atoms with Crippen LogP contribution in [0.4, 0.5) is 17.1 Å². The molecule has 0 aliphatic carbocycles.